The molecular formula is C19H27NO3. The molecule has 1 aromatic rings. The Morgan fingerprint density at radius 3 is 2.48 bits per heavy atom. The maximum Gasteiger partial charge on any atom is 0.161 e. The van der Waals surface area contributed by atoms with Crippen LogP contribution in [0.5, 0.6) is 11.5 Å². The molecule has 4 rings (SSSR count). The molecule has 23 heavy (non-hydrogen) atoms. The summed E-state index contributed by atoms with van der Waals surface area (Å²) in [5, 5.41) is 10.6. The number of benzene rings is 1. The minimum Gasteiger partial charge on any atom is -0.493 e. The van der Waals surface area contributed by atoms with Gasteiger partial charge in [-0.25, -0.2) is 0 Å². The first-order valence-corrected chi connectivity index (χ1v) is 8.68. The highest BCUT2D eigenvalue weighted by molar-refractivity contribution is 5.47. The minimum absolute atomic E-state index is 0.122. The van der Waals surface area contributed by atoms with Crippen LogP contribution in [0.15, 0.2) is 18.2 Å². The zero-order chi connectivity index (χ0) is 16.2. The van der Waals surface area contributed by atoms with Crippen molar-refractivity contribution in [3.05, 3.63) is 23.8 Å². The smallest absolute Gasteiger partial charge is 0.161 e. The lowest BCUT2D eigenvalue weighted by atomic mass is 9.60. The SMILES string of the molecule is COc1ccc([C@@]23CC[C@@H](O)C4(CC4)[C@@H]2N(C)CC3)cc1OC. The van der Waals surface area contributed by atoms with Gasteiger partial charge < -0.3 is 19.5 Å². The predicted octanol–water partition coefficient (Wildman–Crippen LogP) is 2.58. The molecule has 1 N–H and O–H groups in total. The van der Waals surface area contributed by atoms with E-state index < -0.39 is 0 Å². The molecule has 0 aromatic heterocycles. The molecule has 0 radical (unpaired) electrons. The Morgan fingerprint density at radius 1 is 1.09 bits per heavy atom. The molecule has 3 aliphatic rings. The van der Waals surface area contributed by atoms with E-state index >= 15 is 0 Å². The van der Waals surface area contributed by atoms with E-state index in [2.05, 4.69) is 24.1 Å². The molecule has 3 atom stereocenters. The van der Waals surface area contributed by atoms with Crippen molar-refractivity contribution in [2.24, 2.45) is 5.41 Å². The Labute approximate surface area is 138 Å². The summed E-state index contributed by atoms with van der Waals surface area (Å²) in [7, 11) is 5.61. The van der Waals surface area contributed by atoms with Crippen LogP contribution in [0.1, 0.15) is 37.7 Å². The highest BCUT2D eigenvalue weighted by Gasteiger charge is 2.67. The fourth-order valence-corrected chi connectivity index (χ4v) is 5.52. The lowest BCUT2D eigenvalue weighted by molar-refractivity contribution is -0.0230. The molecular weight excluding hydrogens is 290 g/mol. The first-order valence-electron chi connectivity index (χ1n) is 8.68. The molecule has 0 amide bonds. The van der Waals surface area contributed by atoms with Crippen molar-refractivity contribution in [1.29, 1.82) is 0 Å². The quantitative estimate of drug-likeness (QED) is 0.930. The third-order valence-electron chi connectivity index (χ3n) is 6.73. The molecule has 3 fully saturated rings. The molecule has 2 saturated carbocycles. The molecule has 1 heterocycles. The van der Waals surface area contributed by atoms with E-state index in [1.54, 1.807) is 14.2 Å². The number of hydrogen-bond donors (Lipinski definition) is 1. The first kappa shape index (κ1) is 15.3. The highest BCUT2D eigenvalue weighted by Crippen LogP contribution is 2.65. The summed E-state index contributed by atoms with van der Waals surface area (Å²) < 4.78 is 10.9. The van der Waals surface area contributed by atoms with Crippen LogP contribution >= 0.6 is 0 Å². The molecule has 4 nitrogen and oxygen atoms in total. The molecule has 126 valence electrons. The lowest BCUT2D eigenvalue weighted by Crippen LogP contribution is -2.55. The molecule has 0 bridgehead atoms. The van der Waals surface area contributed by atoms with E-state index in [-0.39, 0.29) is 16.9 Å². The van der Waals surface area contributed by atoms with Crippen LogP contribution in [0.2, 0.25) is 0 Å². The number of aliphatic hydroxyl groups is 1. The number of nitrogens with zero attached hydrogens (tertiary/aromatic N) is 1. The summed E-state index contributed by atoms with van der Waals surface area (Å²) in [5.41, 5.74) is 1.61. The van der Waals surface area contributed by atoms with Crippen LogP contribution < -0.4 is 9.47 Å². The van der Waals surface area contributed by atoms with Crippen molar-refractivity contribution >= 4 is 0 Å². The molecule has 1 saturated heterocycles. The highest BCUT2D eigenvalue weighted by atomic mass is 16.5. The number of aliphatic hydroxyl groups excluding tert-OH is 1. The van der Waals surface area contributed by atoms with E-state index in [0.29, 0.717) is 6.04 Å². The zero-order valence-electron chi connectivity index (χ0n) is 14.3. The van der Waals surface area contributed by atoms with Gasteiger partial charge in [0.25, 0.3) is 0 Å². The van der Waals surface area contributed by atoms with E-state index in [1.807, 2.05) is 6.07 Å². The maximum atomic E-state index is 10.6. The average Bonchev–Trinajstić information content (AvgIpc) is 3.28. The molecule has 4 heteroatoms. The molecule has 1 spiro atoms. The summed E-state index contributed by atoms with van der Waals surface area (Å²) >= 11 is 0. The minimum atomic E-state index is -0.138. The van der Waals surface area contributed by atoms with Crippen LogP contribution in [0, 0.1) is 5.41 Å². The van der Waals surface area contributed by atoms with Crippen molar-refractivity contribution in [2.75, 3.05) is 27.8 Å². The molecule has 0 unspecified atom stereocenters. The Hall–Kier alpha value is -1.26. The average molecular weight is 317 g/mol. The van der Waals surface area contributed by atoms with Crippen molar-refractivity contribution in [1.82, 2.24) is 4.90 Å². The normalized spacial score (nSPS) is 35.1. The summed E-state index contributed by atoms with van der Waals surface area (Å²) in [5.74, 6) is 1.59. The zero-order valence-corrected chi connectivity index (χ0v) is 14.3. The van der Waals surface area contributed by atoms with E-state index in [0.717, 1.165) is 50.1 Å². The summed E-state index contributed by atoms with van der Waals surface area (Å²) in [4.78, 5) is 2.49. The van der Waals surface area contributed by atoms with Crippen LogP contribution in [-0.4, -0.2) is 50.0 Å². The predicted molar refractivity (Wildman–Crippen MR) is 89.2 cm³/mol. The number of ether oxygens (including phenoxy) is 2. The Kier molecular flexibility index (Phi) is 3.40. The van der Waals surface area contributed by atoms with Gasteiger partial charge in [-0.15, -0.1) is 0 Å². The third kappa shape index (κ3) is 1.97. The van der Waals surface area contributed by atoms with Gasteiger partial charge in [0.2, 0.25) is 0 Å². The fraction of sp³-hybridized carbons (Fsp3) is 0.684. The maximum absolute atomic E-state index is 10.6. The Bertz CT molecular complexity index is 613. The second kappa shape index (κ2) is 5.12. The Morgan fingerprint density at radius 2 is 1.83 bits per heavy atom. The second-order valence-electron chi connectivity index (χ2n) is 7.65. The summed E-state index contributed by atoms with van der Waals surface area (Å²) in [6, 6.07) is 6.85. The van der Waals surface area contributed by atoms with Gasteiger partial charge in [-0.05, 0) is 63.4 Å². The Balaban J connectivity index is 1.80. The fourth-order valence-electron chi connectivity index (χ4n) is 5.52. The van der Waals surface area contributed by atoms with Crippen molar-refractivity contribution in [3.63, 3.8) is 0 Å². The van der Waals surface area contributed by atoms with Gasteiger partial charge in [-0.1, -0.05) is 6.07 Å². The molecule has 1 aromatic carbocycles. The van der Waals surface area contributed by atoms with E-state index in [1.165, 1.54) is 5.56 Å². The van der Waals surface area contributed by atoms with E-state index in [9.17, 15) is 5.11 Å². The monoisotopic (exact) mass is 317 g/mol. The summed E-state index contributed by atoms with van der Waals surface area (Å²) in [6.07, 6.45) is 5.33. The van der Waals surface area contributed by atoms with Crippen molar-refractivity contribution in [2.45, 2.75) is 49.7 Å². The number of likely N-dealkylation sites (N-methyl/N-ethyl adjacent to an activating group) is 1. The van der Waals surface area contributed by atoms with E-state index in [4.69, 9.17) is 9.47 Å². The van der Waals surface area contributed by atoms with Crippen molar-refractivity contribution in [3.8, 4) is 11.5 Å². The standard InChI is InChI=1S/C19H27NO3/c1-20-11-10-18(7-6-16(21)19(8-9-19)17(18)20)13-4-5-14(22-2)15(12-13)23-3/h4-5,12,16-17,21H,6-11H2,1-3H3/t16-,17-,18+/m1/s1. The number of methoxy groups -OCH3 is 2. The van der Waals surface area contributed by atoms with Gasteiger partial charge in [0.15, 0.2) is 11.5 Å². The van der Waals surface area contributed by atoms with Crippen LogP contribution in [0.25, 0.3) is 0 Å². The van der Waals surface area contributed by atoms with Crippen LogP contribution in [0.4, 0.5) is 0 Å². The van der Waals surface area contributed by atoms with Crippen molar-refractivity contribution < 1.29 is 14.6 Å². The largest absolute Gasteiger partial charge is 0.493 e. The van der Waals surface area contributed by atoms with Gasteiger partial charge in [0.05, 0.1) is 20.3 Å². The number of hydrogen-bond acceptors (Lipinski definition) is 4. The summed E-state index contributed by atoms with van der Waals surface area (Å²) in [6.45, 7) is 1.10. The van der Waals surface area contributed by atoms with Gasteiger partial charge in [0.1, 0.15) is 0 Å². The van der Waals surface area contributed by atoms with Gasteiger partial charge in [-0.3, -0.25) is 0 Å². The number of likely N-dealkylation sites (tertiary alicyclic amines) is 1. The van der Waals surface area contributed by atoms with Gasteiger partial charge in [0, 0.05) is 16.9 Å². The van der Waals surface area contributed by atoms with Gasteiger partial charge in [-0.2, -0.15) is 0 Å². The number of fused-ring (bicyclic) bond motifs is 2. The van der Waals surface area contributed by atoms with Gasteiger partial charge >= 0.3 is 0 Å². The van der Waals surface area contributed by atoms with Crippen LogP contribution in [0.3, 0.4) is 0 Å². The molecule has 1 aliphatic heterocycles. The third-order valence-corrected chi connectivity index (χ3v) is 6.73. The molecule has 2 aliphatic carbocycles. The van der Waals surface area contributed by atoms with Crippen LogP contribution in [-0.2, 0) is 5.41 Å². The topological polar surface area (TPSA) is 41.9 Å². The number of rotatable bonds is 3. The lowest BCUT2D eigenvalue weighted by Gasteiger charge is -2.49. The first-order chi connectivity index (χ1) is 11.1. The second-order valence-corrected chi connectivity index (χ2v) is 7.65.